The number of carbonyl (C=O) groups is 1. The molecule has 106 valence electrons. The Morgan fingerprint density at radius 2 is 2.25 bits per heavy atom. The molecule has 1 aromatic carbocycles. The number of hydrogen-bond acceptors (Lipinski definition) is 5. The minimum atomic E-state index is -0.231. The largest absolute Gasteiger partial charge is 0.504 e. The third-order valence-electron chi connectivity index (χ3n) is 2.60. The molecule has 0 saturated carbocycles. The van der Waals surface area contributed by atoms with Crippen molar-refractivity contribution >= 4 is 5.91 Å². The Morgan fingerprint density at radius 1 is 1.40 bits per heavy atom. The van der Waals surface area contributed by atoms with Gasteiger partial charge in [-0.15, -0.1) is 0 Å². The molecule has 7 heteroatoms. The maximum absolute atomic E-state index is 11.5. The number of rotatable bonds is 7. The van der Waals surface area contributed by atoms with Gasteiger partial charge in [-0.2, -0.15) is 5.10 Å². The first-order valence-electron chi connectivity index (χ1n) is 6.27. The number of amides is 1. The first-order chi connectivity index (χ1) is 9.75. The second-order valence-corrected chi connectivity index (χ2v) is 4.14. The molecule has 0 radical (unpaired) electrons. The molecule has 0 atom stereocenters. The van der Waals surface area contributed by atoms with Gasteiger partial charge in [0.05, 0.1) is 0 Å². The minimum Gasteiger partial charge on any atom is -0.504 e. The van der Waals surface area contributed by atoms with Gasteiger partial charge in [-0.05, 0) is 18.6 Å². The van der Waals surface area contributed by atoms with E-state index >= 15 is 0 Å². The van der Waals surface area contributed by atoms with E-state index in [0.29, 0.717) is 12.3 Å². The van der Waals surface area contributed by atoms with Crippen LogP contribution < -0.4 is 10.1 Å². The summed E-state index contributed by atoms with van der Waals surface area (Å²) in [6, 6.07) is 6.52. The zero-order valence-corrected chi connectivity index (χ0v) is 10.9. The molecule has 1 amide bonds. The Bertz CT molecular complexity index is 542. The van der Waals surface area contributed by atoms with Crippen LogP contribution in [-0.2, 0) is 11.2 Å². The number of phenolic OH excluding ortho intramolecular Hbond substituents is 1. The summed E-state index contributed by atoms with van der Waals surface area (Å²) in [5.41, 5.74) is 0. The average molecular weight is 276 g/mol. The van der Waals surface area contributed by atoms with E-state index in [4.69, 9.17) is 4.74 Å². The van der Waals surface area contributed by atoms with Gasteiger partial charge in [-0.1, -0.05) is 12.1 Å². The highest BCUT2D eigenvalue weighted by Gasteiger charge is 2.05. The normalized spacial score (nSPS) is 10.2. The Hall–Kier alpha value is -2.57. The maximum atomic E-state index is 11.5. The molecule has 0 aliphatic heterocycles. The molecule has 0 spiro atoms. The second-order valence-electron chi connectivity index (χ2n) is 4.14. The van der Waals surface area contributed by atoms with Crippen molar-refractivity contribution in [1.29, 1.82) is 0 Å². The lowest BCUT2D eigenvalue weighted by molar-refractivity contribution is -0.123. The molecule has 0 unspecified atom stereocenters. The van der Waals surface area contributed by atoms with E-state index in [1.54, 1.807) is 18.2 Å². The standard InChI is InChI=1S/C13H16N4O3/c18-10-4-1-2-5-11(10)20-8-13(19)14-7-3-6-12-15-9-16-17-12/h1-2,4-5,9,18H,3,6-8H2,(H,14,19)(H,15,16,17). The van der Waals surface area contributed by atoms with Crippen molar-refractivity contribution in [2.24, 2.45) is 0 Å². The van der Waals surface area contributed by atoms with Gasteiger partial charge in [0.25, 0.3) is 5.91 Å². The van der Waals surface area contributed by atoms with Crippen LogP contribution in [0, 0.1) is 0 Å². The fourth-order valence-corrected chi connectivity index (χ4v) is 1.61. The van der Waals surface area contributed by atoms with Crippen molar-refractivity contribution < 1.29 is 14.6 Å². The van der Waals surface area contributed by atoms with Gasteiger partial charge in [-0.25, -0.2) is 4.98 Å². The van der Waals surface area contributed by atoms with Crippen LogP contribution in [-0.4, -0.2) is 39.3 Å². The van der Waals surface area contributed by atoms with Gasteiger partial charge < -0.3 is 15.2 Å². The van der Waals surface area contributed by atoms with Crippen LogP contribution in [0.3, 0.4) is 0 Å². The monoisotopic (exact) mass is 276 g/mol. The number of H-pyrrole nitrogens is 1. The van der Waals surface area contributed by atoms with Crippen molar-refractivity contribution in [3.8, 4) is 11.5 Å². The fourth-order valence-electron chi connectivity index (χ4n) is 1.61. The first-order valence-corrected chi connectivity index (χ1v) is 6.27. The Balaban J connectivity index is 1.62. The number of hydrogen-bond donors (Lipinski definition) is 3. The molecule has 1 aromatic heterocycles. The highest BCUT2D eigenvalue weighted by atomic mass is 16.5. The summed E-state index contributed by atoms with van der Waals surface area (Å²) in [4.78, 5) is 15.5. The summed E-state index contributed by atoms with van der Waals surface area (Å²) in [5, 5.41) is 18.7. The predicted octanol–water partition coefficient (Wildman–Crippen LogP) is 0.638. The molecule has 2 aromatic rings. The quantitative estimate of drug-likeness (QED) is 0.644. The smallest absolute Gasteiger partial charge is 0.257 e. The van der Waals surface area contributed by atoms with E-state index in [9.17, 15) is 9.90 Å². The first kappa shape index (κ1) is 13.9. The summed E-state index contributed by atoms with van der Waals surface area (Å²) >= 11 is 0. The minimum absolute atomic E-state index is 0.0191. The van der Waals surface area contributed by atoms with Gasteiger partial charge in [0, 0.05) is 13.0 Å². The number of nitrogens with zero attached hydrogens (tertiary/aromatic N) is 2. The number of carbonyl (C=O) groups excluding carboxylic acids is 1. The van der Waals surface area contributed by atoms with Crippen LogP contribution >= 0.6 is 0 Å². The maximum Gasteiger partial charge on any atom is 0.257 e. The van der Waals surface area contributed by atoms with E-state index in [2.05, 4.69) is 20.5 Å². The van der Waals surface area contributed by atoms with E-state index in [1.165, 1.54) is 12.4 Å². The highest BCUT2D eigenvalue weighted by molar-refractivity contribution is 5.77. The molecule has 0 aliphatic carbocycles. The Morgan fingerprint density at radius 3 is 3.00 bits per heavy atom. The topological polar surface area (TPSA) is 100 Å². The van der Waals surface area contributed by atoms with Gasteiger partial charge in [0.2, 0.25) is 0 Å². The number of aromatic hydroxyl groups is 1. The zero-order chi connectivity index (χ0) is 14.2. The van der Waals surface area contributed by atoms with Gasteiger partial charge >= 0.3 is 0 Å². The van der Waals surface area contributed by atoms with Crippen LogP contribution in [0.4, 0.5) is 0 Å². The number of ether oxygens (including phenoxy) is 1. The van der Waals surface area contributed by atoms with Crippen molar-refractivity contribution in [2.45, 2.75) is 12.8 Å². The number of benzene rings is 1. The molecule has 0 aliphatic rings. The van der Waals surface area contributed by atoms with Crippen LogP contribution in [0.1, 0.15) is 12.2 Å². The highest BCUT2D eigenvalue weighted by Crippen LogP contribution is 2.23. The van der Waals surface area contributed by atoms with E-state index in [0.717, 1.165) is 18.7 Å². The number of aromatic amines is 1. The number of para-hydroxylation sites is 2. The lowest BCUT2D eigenvalue weighted by Crippen LogP contribution is -2.29. The molecular weight excluding hydrogens is 260 g/mol. The van der Waals surface area contributed by atoms with Crippen LogP contribution in [0.15, 0.2) is 30.6 Å². The van der Waals surface area contributed by atoms with E-state index < -0.39 is 0 Å². The van der Waals surface area contributed by atoms with E-state index in [-0.39, 0.29) is 18.3 Å². The van der Waals surface area contributed by atoms with Crippen LogP contribution in [0.5, 0.6) is 11.5 Å². The van der Waals surface area contributed by atoms with Crippen LogP contribution in [0.2, 0.25) is 0 Å². The average Bonchev–Trinajstić information content (AvgIpc) is 2.96. The molecule has 2 rings (SSSR count). The molecule has 3 N–H and O–H groups in total. The molecule has 0 fully saturated rings. The van der Waals surface area contributed by atoms with Crippen molar-refractivity contribution in [1.82, 2.24) is 20.5 Å². The number of nitrogens with one attached hydrogen (secondary N) is 2. The summed E-state index contributed by atoms with van der Waals surface area (Å²) in [6.45, 7) is 0.406. The van der Waals surface area contributed by atoms with Gasteiger partial charge in [-0.3, -0.25) is 9.89 Å². The molecular formula is C13H16N4O3. The summed E-state index contributed by atoms with van der Waals surface area (Å²) < 4.78 is 5.21. The zero-order valence-electron chi connectivity index (χ0n) is 10.9. The summed E-state index contributed by atoms with van der Waals surface area (Å²) in [6.07, 6.45) is 2.94. The SMILES string of the molecule is O=C(COc1ccccc1O)NCCCc1ncn[nH]1. The molecule has 7 nitrogen and oxygen atoms in total. The van der Waals surface area contributed by atoms with Gasteiger partial charge in [0.1, 0.15) is 12.2 Å². The fraction of sp³-hybridized carbons (Fsp3) is 0.308. The third-order valence-corrected chi connectivity index (χ3v) is 2.60. The van der Waals surface area contributed by atoms with Gasteiger partial charge in [0.15, 0.2) is 18.1 Å². The lowest BCUT2D eigenvalue weighted by Gasteiger charge is -2.08. The molecule has 20 heavy (non-hydrogen) atoms. The summed E-state index contributed by atoms with van der Waals surface area (Å²) in [5.74, 6) is 0.880. The van der Waals surface area contributed by atoms with Crippen molar-refractivity contribution in [3.63, 3.8) is 0 Å². The second kappa shape index (κ2) is 7.13. The molecule has 1 heterocycles. The number of aromatic nitrogens is 3. The Labute approximate surface area is 116 Å². The van der Waals surface area contributed by atoms with Crippen LogP contribution in [0.25, 0.3) is 0 Å². The number of phenols is 1. The molecule has 0 bridgehead atoms. The summed E-state index contributed by atoms with van der Waals surface area (Å²) in [7, 11) is 0. The van der Waals surface area contributed by atoms with E-state index in [1.807, 2.05) is 0 Å². The Kier molecular flexibility index (Phi) is 4.94. The van der Waals surface area contributed by atoms with Crippen molar-refractivity contribution in [2.75, 3.05) is 13.2 Å². The third kappa shape index (κ3) is 4.27. The lowest BCUT2D eigenvalue weighted by atomic mass is 10.3. The molecule has 0 saturated heterocycles. The van der Waals surface area contributed by atoms with Crippen molar-refractivity contribution in [3.05, 3.63) is 36.4 Å². The number of aryl methyl sites for hydroxylation is 1. The predicted molar refractivity (Wildman–Crippen MR) is 71.3 cm³/mol.